The van der Waals surface area contributed by atoms with Crippen LogP contribution in [0.5, 0.6) is 0 Å². The van der Waals surface area contributed by atoms with Crippen LogP contribution in [0.3, 0.4) is 0 Å². The summed E-state index contributed by atoms with van der Waals surface area (Å²) in [7, 11) is 1.66. The van der Waals surface area contributed by atoms with Gasteiger partial charge < -0.3 is 15.0 Å². The van der Waals surface area contributed by atoms with Gasteiger partial charge in [-0.2, -0.15) is 0 Å². The highest BCUT2D eigenvalue weighted by molar-refractivity contribution is 5.74. The summed E-state index contributed by atoms with van der Waals surface area (Å²) in [6.07, 6.45) is 3.39. The van der Waals surface area contributed by atoms with E-state index in [1.807, 2.05) is 24.3 Å². The zero-order valence-electron chi connectivity index (χ0n) is 12.0. The number of amides is 2. The second kappa shape index (κ2) is 8.93. The fourth-order valence-corrected chi connectivity index (χ4v) is 1.84. The Kier molecular flexibility index (Phi) is 7.14. The van der Waals surface area contributed by atoms with E-state index in [4.69, 9.17) is 4.74 Å². The Labute approximate surface area is 120 Å². The molecule has 4 nitrogen and oxygen atoms in total. The molecule has 2 amide bonds. The van der Waals surface area contributed by atoms with E-state index in [0.29, 0.717) is 26.2 Å². The number of rotatable bonds is 8. The fourth-order valence-electron chi connectivity index (χ4n) is 1.84. The number of urea groups is 1. The fraction of sp³-hybridized carbons (Fsp3) is 0.312. The molecule has 0 bridgehead atoms. The first-order valence-electron chi connectivity index (χ1n) is 6.52. The van der Waals surface area contributed by atoms with Crippen molar-refractivity contribution in [3.05, 3.63) is 60.7 Å². The molecule has 0 aliphatic carbocycles. The number of methoxy groups -OCH3 is 1. The maximum atomic E-state index is 12.0. The molecule has 0 radical (unpaired) electrons. The van der Waals surface area contributed by atoms with Gasteiger partial charge in [-0.1, -0.05) is 36.4 Å². The molecule has 108 valence electrons. The molecule has 4 heteroatoms. The van der Waals surface area contributed by atoms with E-state index in [0.717, 1.165) is 11.1 Å². The third kappa shape index (κ3) is 5.28. The second-order valence-electron chi connectivity index (χ2n) is 4.39. The number of hydrogen-bond donors (Lipinski definition) is 1. The summed E-state index contributed by atoms with van der Waals surface area (Å²) in [6.45, 7) is 9.35. The first-order valence-corrected chi connectivity index (χ1v) is 6.52. The van der Waals surface area contributed by atoms with Crippen molar-refractivity contribution < 1.29 is 9.53 Å². The molecular weight excluding hydrogens is 252 g/mol. The lowest BCUT2D eigenvalue weighted by Gasteiger charge is -2.20. The standard InChI is InChI=1S/C16H22N2O2/c1-4-9-18(10-5-2)16(19)17-12-14-7-6-8-15(11-14)13-20-3/h4-8,11H,1-2,9-10,12-13H2,3H3,(H,17,19). The van der Waals surface area contributed by atoms with Gasteiger partial charge >= 0.3 is 6.03 Å². The Morgan fingerprint density at radius 3 is 2.55 bits per heavy atom. The van der Waals surface area contributed by atoms with Gasteiger partial charge in [-0.3, -0.25) is 0 Å². The highest BCUT2D eigenvalue weighted by Gasteiger charge is 2.09. The van der Waals surface area contributed by atoms with Crippen LogP contribution in [0.4, 0.5) is 4.79 Å². The molecule has 0 aliphatic rings. The molecule has 0 fully saturated rings. The molecule has 20 heavy (non-hydrogen) atoms. The molecular formula is C16H22N2O2. The Bertz CT molecular complexity index is 448. The average Bonchev–Trinajstić information content (AvgIpc) is 2.45. The maximum Gasteiger partial charge on any atom is 0.318 e. The maximum absolute atomic E-state index is 12.0. The number of hydrogen-bond acceptors (Lipinski definition) is 2. The van der Waals surface area contributed by atoms with E-state index in [1.54, 1.807) is 24.2 Å². The van der Waals surface area contributed by atoms with Crippen LogP contribution in [0.15, 0.2) is 49.6 Å². The zero-order chi connectivity index (χ0) is 14.8. The van der Waals surface area contributed by atoms with Gasteiger partial charge in [-0.15, -0.1) is 13.2 Å². The van der Waals surface area contributed by atoms with Gasteiger partial charge in [0.15, 0.2) is 0 Å². The predicted octanol–water partition coefficient (Wildman–Crippen LogP) is 2.72. The second-order valence-corrected chi connectivity index (χ2v) is 4.39. The lowest BCUT2D eigenvalue weighted by atomic mass is 10.1. The van der Waals surface area contributed by atoms with Gasteiger partial charge in [0, 0.05) is 26.7 Å². The molecule has 1 aromatic carbocycles. The Morgan fingerprint density at radius 1 is 1.30 bits per heavy atom. The van der Waals surface area contributed by atoms with Crippen LogP contribution < -0.4 is 5.32 Å². The number of carbonyl (C=O) groups is 1. The van der Waals surface area contributed by atoms with Crippen molar-refractivity contribution >= 4 is 6.03 Å². The van der Waals surface area contributed by atoms with Crippen LogP contribution in [0.1, 0.15) is 11.1 Å². The minimum Gasteiger partial charge on any atom is -0.380 e. The van der Waals surface area contributed by atoms with Crippen LogP contribution >= 0.6 is 0 Å². The van der Waals surface area contributed by atoms with E-state index in [-0.39, 0.29) is 6.03 Å². The van der Waals surface area contributed by atoms with Crippen molar-refractivity contribution in [2.24, 2.45) is 0 Å². The Balaban J connectivity index is 2.56. The molecule has 0 aliphatic heterocycles. The van der Waals surface area contributed by atoms with E-state index >= 15 is 0 Å². The van der Waals surface area contributed by atoms with Gasteiger partial charge in [0.25, 0.3) is 0 Å². The highest BCUT2D eigenvalue weighted by atomic mass is 16.5. The van der Waals surface area contributed by atoms with Gasteiger partial charge in [-0.25, -0.2) is 4.79 Å². The minimum atomic E-state index is -0.123. The number of ether oxygens (including phenoxy) is 1. The van der Waals surface area contributed by atoms with Gasteiger partial charge in [-0.05, 0) is 11.1 Å². The first kappa shape index (κ1) is 16.0. The largest absolute Gasteiger partial charge is 0.380 e. The van der Waals surface area contributed by atoms with Crippen LogP contribution in [0, 0.1) is 0 Å². The molecule has 0 saturated heterocycles. The van der Waals surface area contributed by atoms with E-state index in [1.165, 1.54) is 0 Å². The summed E-state index contributed by atoms with van der Waals surface area (Å²) >= 11 is 0. The third-order valence-electron chi connectivity index (χ3n) is 2.73. The van der Waals surface area contributed by atoms with Crippen LogP contribution in [0.25, 0.3) is 0 Å². The Morgan fingerprint density at radius 2 is 1.95 bits per heavy atom. The molecule has 0 heterocycles. The van der Waals surface area contributed by atoms with E-state index in [2.05, 4.69) is 18.5 Å². The number of benzene rings is 1. The topological polar surface area (TPSA) is 41.6 Å². The number of nitrogens with zero attached hydrogens (tertiary/aromatic N) is 1. The highest BCUT2D eigenvalue weighted by Crippen LogP contribution is 2.06. The van der Waals surface area contributed by atoms with Crippen molar-refractivity contribution in [3.8, 4) is 0 Å². The molecule has 0 saturated carbocycles. The molecule has 1 N–H and O–H groups in total. The summed E-state index contributed by atoms with van der Waals surface area (Å²) in [5.74, 6) is 0. The average molecular weight is 274 g/mol. The predicted molar refractivity (Wildman–Crippen MR) is 81.4 cm³/mol. The quantitative estimate of drug-likeness (QED) is 0.741. The lowest BCUT2D eigenvalue weighted by Crippen LogP contribution is -2.39. The number of nitrogens with one attached hydrogen (secondary N) is 1. The van der Waals surface area contributed by atoms with E-state index in [9.17, 15) is 4.79 Å². The van der Waals surface area contributed by atoms with Gasteiger partial charge in [0.1, 0.15) is 0 Å². The minimum absolute atomic E-state index is 0.123. The lowest BCUT2D eigenvalue weighted by molar-refractivity contribution is 0.185. The molecule has 0 atom stereocenters. The van der Waals surface area contributed by atoms with Crippen LogP contribution in [0.2, 0.25) is 0 Å². The SMILES string of the molecule is C=CCN(CC=C)C(=O)NCc1cccc(COC)c1. The summed E-state index contributed by atoms with van der Waals surface area (Å²) in [6, 6.07) is 7.83. The molecule has 0 aromatic heterocycles. The molecule has 0 spiro atoms. The zero-order valence-corrected chi connectivity index (χ0v) is 12.0. The van der Waals surface area contributed by atoms with Crippen molar-refractivity contribution in [1.29, 1.82) is 0 Å². The monoisotopic (exact) mass is 274 g/mol. The number of carbonyl (C=O) groups excluding carboxylic acids is 1. The van der Waals surface area contributed by atoms with Crippen molar-refractivity contribution in [2.75, 3.05) is 20.2 Å². The summed E-state index contributed by atoms with van der Waals surface area (Å²) in [4.78, 5) is 13.6. The van der Waals surface area contributed by atoms with Gasteiger partial charge in [0.05, 0.1) is 6.61 Å². The smallest absolute Gasteiger partial charge is 0.318 e. The summed E-state index contributed by atoms with van der Waals surface area (Å²) in [5.41, 5.74) is 2.14. The normalized spacial score (nSPS) is 9.85. The summed E-state index contributed by atoms with van der Waals surface area (Å²) < 4.78 is 5.09. The van der Waals surface area contributed by atoms with Crippen LogP contribution in [-0.4, -0.2) is 31.1 Å². The van der Waals surface area contributed by atoms with Crippen molar-refractivity contribution in [3.63, 3.8) is 0 Å². The van der Waals surface area contributed by atoms with Crippen LogP contribution in [-0.2, 0) is 17.9 Å². The molecule has 1 rings (SSSR count). The van der Waals surface area contributed by atoms with E-state index < -0.39 is 0 Å². The third-order valence-corrected chi connectivity index (χ3v) is 2.73. The van der Waals surface area contributed by atoms with Gasteiger partial charge in [0.2, 0.25) is 0 Å². The Hall–Kier alpha value is -2.07. The van der Waals surface area contributed by atoms with Crippen molar-refractivity contribution in [2.45, 2.75) is 13.2 Å². The van der Waals surface area contributed by atoms with Crippen molar-refractivity contribution in [1.82, 2.24) is 10.2 Å². The molecule has 1 aromatic rings. The first-order chi connectivity index (χ1) is 9.71. The molecule has 0 unspecified atom stereocenters. The summed E-state index contributed by atoms with van der Waals surface area (Å²) in [5, 5.41) is 2.89.